The summed E-state index contributed by atoms with van der Waals surface area (Å²) >= 11 is 0. The molecule has 2 aromatic carbocycles. The predicted octanol–water partition coefficient (Wildman–Crippen LogP) is 3.32. The van der Waals surface area contributed by atoms with Crippen LogP contribution in [0.1, 0.15) is 11.1 Å². The molecule has 1 N–H and O–H groups in total. The molecule has 0 atom stereocenters. The summed E-state index contributed by atoms with van der Waals surface area (Å²) in [6.45, 7) is 5.86. The third kappa shape index (κ3) is 5.18. The van der Waals surface area contributed by atoms with Crippen LogP contribution in [0.4, 0.5) is 4.39 Å². The normalized spacial score (nSPS) is 15.7. The number of rotatable bonds is 6. The van der Waals surface area contributed by atoms with Crippen LogP contribution in [0.15, 0.2) is 54.6 Å². The van der Waals surface area contributed by atoms with Gasteiger partial charge in [-0.05, 0) is 41.5 Å². The number of nitrogens with zero attached hydrogens (tertiary/aromatic N) is 1. The minimum Gasteiger partial charge on any atom is -0.490 e. The van der Waals surface area contributed by atoms with Crippen LogP contribution in [-0.2, 0) is 6.54 Å². The Bertz CT molecular complexity index is 646. The van der Waals surface area contributed by atoms with Gasteiger partial charge in [0.05, 0.1) is 0 Å². The fourth-order valence-corrected chi connectivity index (χ4v) is 2.72. The van der Waals surface area contributed by atoms with Crippen LogP contribution < -0.4 is 10.1 Å². The number of hydrogen-bond donors (Lipinski definition) is 1. The van der Waals surface area contributed by atoms with Crippen LogP contribution in [0.3, 0.4) is 0 Å². The first kappa shape index (κ1) is 16.7. The fraction of sp³-hybridized carbons (Fsp3) is 0.300. The number of nitrogens with one attached hydrogen (secondary N) is 1. The van der Waals surface area contributed by atoms with Crippen LogP contribution in [0.5, 0.6) is 5.75 Å². The van der Waals surface area contributed by atoms with Gasteiger partial charge in [-0.15, -0.1) is 0 Å². The van der Waals surface area contributed by atoms with E-state index in [1.165, 1.54) is 17.7 Å². The fourth-order valence-electron chi connectivity index (χ4n) is 2.72. The van der Waals surface area contributed by atoms with Crippen molar-refractivity contribution >= 4 is 6.08 Å². The lowest BCUT2D eigenvalue weighted by Crippen LogP contribution is -2.42. The van der Waals surface area contributed by atoms with E-state index < -0.39 is 0 Å². The Morgan fingerprint density at radius 1 is 1.00 bits per heavy atom. The minimum absolute atomic E-state index is 0.251. The van der Waals surface area contributed by atoms with Gasteiger partial charge < -0.3 is 10.1 Å². The summed E-state index contributed by atoms with van der Waals surface area (Å²) in [5.74, 6) is 0.422. The van der Waals surface area contributed by atoms with Gasteiger partial charge in [-0.25, -0.2) is 4.39 Å². The number of piperazine rings is 1. The zero-order chi connectivity index (χ0) is 16.6. The lowest BCUT2D eigenvalue weighted by molar-refractivity contribution is 0.233. The van der Waals surface area contributed by atoms with E-state index in [0.29, 0.717) is 12.4 Å². The summed E-state index contributed by atoms with van der Waals surface area (Å²) in [7, 11) is 0. The predicted molar refractivity (Wildman–Crippen MR) is 95.5 cm³/mol. The maximum atomic E-state index is 12.8. The molecule has 126 valence electrons. The monoisotopic (exact) mass is 326 g/mol. The summed E-state index contributed by atoms with van der Waals surface area (Å²) in [6, 6.07) is 14.7. The Kier molecular flexibility index (Phi) is 5.99. The largest absolute Gasteiger partial charge is 0.490 e. The van der Waals surface area contributed by atoms with Crippen molar-refractivity contribution in [3.63, 3.8) is 0 Å². The minimum atomic E-state index is -0.251. The van der Waals surface area contributed by atoms with Crippen molar-refractivity contribution in [3.05, 3.63) is 71.6 Å². The van der Waals surface area contributed by atoms with Crippen LogP contribution in [0.2, 0.25) is 0 Å². The van der Waals surface area contributed by atoms with Gasteiger partial charge >= 0.3 is 0 Å². The third-order valence-electron chi connectivity index (χ3n) is 4.07. The van der Waals surface area contributed by atoms with Gasteiger partial charge in [0, 0.05) is 32.7 Å². The molecule has 3 nitrogen and oxygen atoms in total. The van der Waals surface area contributed by atoms with Crippen LogP contribution in [-0.4, -0.2) is 37.7 Å². The topological polar surface area (TPSA) is 24.5 Å². The molecule has 4 heteroatoms. The first-order valence-corrected chi connectivity index (χ1v) is 8.36. The Balaban J connectivity index is 1.45. The van der Waals surface area contributed by atoms with Crippen molar-refractivity contribution in [1.29, 1.82) is 0 Å². The van der Waals surface area contributed by atoms with E-state index in [1.54, 1.807) is 12.1 Å². The molecule has 0 amide bonds. The second-order valence-corrected chi connectivity index (χ2v) is 5.94. The number of benzene rings is 2. The molecule has 1 aliphatic rings. The zero-order valence-corrected chi connectivity index (χ0v) is 13.7. The van der Waals surface area contributed by atoms with Crippen molar-refractivity contribution in [3.8, 4) is 5.75 Å². The van der Waals surface area contributed by atoms with E-state index in [9.17, 15) is 4.39 Å². The molecule has 0 bridgehead atoms. The maximum Gasteiger partial charge on any atom is 0.123 e. The van der Waals surface area contributed by atoms with E-state index in [2.05, 4.69) is 34.5 Å². The third-order valence-corrected chi connectivity index (χ3v) is 4.07. The first-order valence-electron chi connectivity index (χ1n) is 8.36. The van der Waals surface area contributed by atoms with Gasteiger partial charge in [-0.1, -0.05) is 30.3 Å². The van der Waals surface area contributed by atoms with Crippen molar-refractivity contribution < 1.29 is 9.13 Å². The molecular formula is C20H23FN2O. The second-order valence-electron chi connectivity index (χ2n) is 5.94. The van der Waals surface area contributed by atoms with Crippen molar-refractivity contribution in [2.75, 3.05) is 32.8 Å². The maximum absolute atomic E-state index is 12.8. The molecule has 1 heterocycles. The SMILES string of the molecule is Fc1ccc(OCC=Cc2ccc(CN3CCNCC3)cc2)cc1. The van der Waals surface area contributed by atoms with E-state index in [1.807, 2.05) is 12.2 Å². The van der Waals surface area contributed by atoms with Crippen molar-refractivity contribution in [2.24, 2.45) is 0 Å². The summed E-state index contributed by atoms with van der Waals surface area (Å²) in [5, 5.41) is 3.37. The Hall–Kier alpha value is -2.17. The molecule has 0 aliphatic carbocycles. The van der Waals surface area contributed by atoms with E-state index in [0.717, 1.165) is 38.3 Å². The first-order chi connectivity index (χ1) is 11.8. The van der Waals surface area contributed by atoms with E-state index in [-0.39, 0.29) is 5.82 Å². The number of halogens is 1. The lowest BCUT2D eigenvalue weighted by Gasteiger charge is -2.27. The molecule has 24 heavy (non-hydrogen) atoms. The van der Waals surface area contributed by atoms with E-state index in [4.69, 9.17) is 4.74 Å². The number of ether oxygens (including phenoxy) is 1. The van der Waals surface area contributed by atoms with Crippen molar-refractivity contribution in [1.82, 2.24) is 10.2 Å². The molecule has 1 saturated heterocycles. The molecule has 0 radical (unpaired) electrons. The average Bonchev–Trinajstić information content (AvgIpc) is 2.62. The average molecular weight is 326 g/mol. The van der Waals surface area contributed by atoms with Crippen LogP contribution in [0, 0.1) is 5.82 Å². The van der Waals surface area contributed by atoms with Crippen LogP contribution in [0.25, 0.3) is 6.08 Å². The van der Waals surface area contributed by atoms with Gasteiger partial charge in [0.2, 0.25) is 0 Å². The molecule has 1 fully saturated rings. The van der Waals surface area contributed by atoms with Gasteiger partial charge in [0.15, 0.2) is 0 Å². The summed E-state index contributed by atoms with van der Waals surface area (Å²) in [6.07, 6.45) is 4.01. The Morgan fingerprint density at radius 3 is 2.42 bits per heavy atom. The molecule has 0 spiro atoms. The smallest absolute Gasteiger partial charge is 0.123 e. The van der Waals surface area contributed by atoms with Gasteiger partial charge in [0.25, 0.3) is 0 Å². The Labute approximate surface area is 142 Å². The highest BCUT2D eigenvalue weighted by molar-refractivity contribution is 5.49. The summed E-state index contributed by atoms with van der Waals surface area (Å²) < 4.78 is 18.3. The molecule has 0 unspecified atom stereocenters. The van der Waals surface area contributed by atoms with Gasteiger partial charge in [0.1, 0.15) is 18.2 Å². The quantitative estimate of drug-likeness (QED) is 0.881. The second kappa shape index (κ2) is 8.62. The van der Waals surface area contributed by atoms with E-state index >= 15 is 0 Å². The standard InChI is InChI=1S/C20H23FN2O/c21-19-7-9-20(10-8-19)24-15-1-2-17-3-5-18(6-4-17)16-23-13-11-22-12-14-23/h1-10,22H,11-16H2. The molecule has 0 aromatic heterocycles. The molecule has 1 aliphatic heterocycles. The van der Waals surface area contributed by atoms with Crippen LogP contribution >= 0.6 is 0 Å². The van der Waals surface area contributed by atoms with Gasteiger partial charge in [-0.3, -0.25) is 4.90 Å². The summed E-state index contributed by atoms with van der Waals surface area (Å²) in [4.78, 5) is 2.47. The molecule has 0 saturated carbocycles. The highest BCUT2D eigenvalue weighted by Crippen LogP contribution is 2.12. The highest BCUT2D eigenvalue weighted by atomic mass is 19.1. The molecular weight excluding hydrogens is 303 g/mol. The van der Waals surface area contributed by atoms with Gasteiger partial charge in [-0.2, -0.15) is 0 Å². The zero-order valence-electron chi connectivity index (χ0n) is 13.7. The molecule has 2 aromatic rings. The molecule has 3 rings (SSSR count). The summed E-state index contributed by atoms with van der Waals surface area (Å²) in [5.41, 5.74) is 2.50. The van der Waals surface area contributed by atoms with Crippen molar-refractivity contribution in [2.45, 2.75) is 6.54 Å². The Morgan fingerprint density at radius 2 is 1.71 bits per heavy atom. The highest BCUT2D eigenvalue weighted by Gasteiger charge is 2.09. The lowest BCUT2D eigenvalue weighted by atomic mass is 10.1. The number of hydrogen-bond acceptors (Lipinski definition) is 3.